The van der Waals surface area contributed by atoms with Gasteiger partial charge in [0.15, 0.2) is 0 Å². The zero-order valence-electron chi connectivity index (χ0n) is 11.3. The van der Waals surface area contributed by atoms with Crippen molar-refractivity contribution >= 4 is 11.9 Å². The van der Waals surface area contributed by atoms with Crippen LogP contribution in [-0.4, -0.2) is 35.0 Å². The van der Waals surface area contributed by atoms with Crippen molar-refractivity contribution in [2.75, 3.05) is 13.2 Å². The van der Waals surface area contributed by atoms with E-state index >= 15 is 0 Å². The van der Waals surface area contributed by atoms with Gasteiger partial charge >= 0.3 is 11.9 Å². The van der Waals surface area contributed by atoms with Gasteiger partial charge in [-0.25, -0.2) is 0 Å². The average Bonchev–Trinajstić information content (AvgIpc) is 2.77. The Morgan fingerprint density at radius 3 is 2.68 bits per heavy atom. The van der Waals surface area contributed by atoms with Crippen molar-refractivity contribution in [3.63, 3.8) is 0 Å². The van der Waals surface area contributed by atoms with Gasteiger partial charge in [0.05, 0.1) is 25.8 Å². The third-order valence-corrected chi connectivity index (χ3v) is 2.55. The molecule has 0 unspecified atom stereocenters. The molecule has 1 rings (SSSR count). The van der Waals surface area contributed by atoms with Crippen LogP contribution < -0.4 is 0 Å². The topological polar surface area (TPSA) is 85.8 Å². The predicted octanol–water partition coefficient (Wildman–Crippen LogP) is 1.96. The lowest BCUT2D eigenvalue weighted by atomic mass is 10.3. The number of carbonyl (C=O) groups is 1. The van der Waals surface area contributed by atoms with Crippen LogP contribution in [0, 0.1) is 10.1 Å². The smallest absolute Gasteiger partial charge is 0.433 e. The molecule has 0 fully saturated rings. The number of nitrogens with zero attached hydrogens (tertiary/aromatic N) is 2. The molecule has 0 aliphatic carbocycles. The summed E-state index contributed by atoms with van der Waals surface area (Å²) in [5, 5.41) is 10.5. The highest BCUT2D eigenvalue weighted by atomic mass is 16.6. The molecule has 0 atom stereocenters. The van der Waals surface area contributed by atoms with E-state index in [1.54, 1.807) is 13.0 Å². The van der Waals surface area contributed by atoms with Crippen LogP contribution in [0.5, 0.6) is 0 Å². The first-order valence-electron chi connectivity index (χ1n) is 6.06. The van der Waals surface area contributed by atoms with E-state index in [2.05, 4.69) is 0 Å². The van der Waals surface area contributed by atoms with Crippen LogP contribution in [-0.2, 0) is 16.1 Å². The largest absolute Gasteiger partial charge is 0.465 e. The van der Waals surface area contributed by atoms with Gasteiger partial charge in [-0.3, -0.25) is 19.8 Å². The molecule has 0 aliphatic rings. The van der Waals surface area contributed by atoms with Crippen molar-refractivity contribution in [3.05, 3.63) is 28.0 Å². The highest BCUT2D eigenvalue weighted by molar-refractivity contribution is 5.71. The molecule has 0 saturated heterocycles. The number of rotatable bonds is 7. The van der Waals surface area contributed by atoms with Crippen molar-refractivity contribution in [3.8, 4) is 0 Å². The van der Waals surface area contributed by atoms with Crippen LogP contribution in [0.25, 0.3) is 0 Å². The maximum absolute atomic E-state index is 11.5. The van der Waals surface area contributed by atoms with Crippen molar-refractivity contribution in [1.82, 2.24) is 4.90 Å². The van der Waals surface area contributed by atoms with Crippen LogP contribution in [0.15, 0.2) is 16.5 Å². The number of nitro groups is 1. The molecule has 0 saturated carbocycles. The fourth-order valence-electron chi connectivity index (χ4n) is 1.54. The molecular weight excluding hydrogens is 252 g/mol. The summed E-state index contributed by atoms with van der Waals surface area (Å²) in [5.41, 5.74) is 0. The van der Waals surface area contributed by atoms with Gasteiger partial charge in [-0.1, -0.05) is 0 Å². The Labute approximate surface area is 111 Å². The first-order valence-corrected chi connectivity index (χ1v) is 6.06. The Morgan fingerprint density at radius 1 is 1.53 bits per heavy atom. The van der Waals surface area contributed by atoms with Gasteiger partial charge < -0.3 is 9.15 Å². The second-order valence-corrected chi connectivity index (χ2v) is 4.30. The number of hydrogen-bond acceptors (Lipinski definition) is 6. The second kappa shape index (κ2) is 6.89. The number of furan rings is 1. The molecule has 1 heterocycles. The summed E-state index contributed by atoms with van der Waals surface area (Å²) >= 11 is 0. The molecule has 1 aromatic rings. The quantitative estimate of drug-likeness (QED) is 0.427. The summed E-state index contributed by atoms with van der Waals surface area (Å²) in [6.45, 7) is 6.38. The third kappa shape index (κ3) is 4.70. The lowest BCUT2D eigenvalue weighted by Gasteiger charge is -2.23. The summed E-state index contributed by atoms with van der Waals surface area (Å²) in [5.74, 6) is -0.170. The maximum Gasteiger partial charge on any atom is 0.433 e. The minimum atomic E-state index is -0.589. The Bertz CT molecular complexity index is 441. The summed E-state index contributed by atoms with van der Waals surface area (Å²) < 4.78 is 9.96. The summed E-state index contributed by atoms with van der Waals surface area (Å²) in [4.78, 5) is 23.2. The summed E-state index contributed by atoms with van der Waals surface area (Å²) in [6.07, 6.45) is 0. The van der Waals surface area contributed by atoms with Crippen LogP contribution in [0.1, 0.15) is 26.5 Å². The molecule has 0 radical (unpaired) electrons. The molecule has 106 valence electrons. The van der Waals surface area contributed by atoms with Crippen LogP contribution >= 0.6 is 0 Å². The monoisotopic (exact) mass is 270 g/mol. The molecule has 7 nitrogen and oxygen atoms in total. The van der Waals surface area contributed by atoms with Gasteiger partial charge in [0.2, 0.25) is 0 Å². The minimum Gasteiger partial charge on any atom is -0.465 e. The zero-order chi connectivity index (χ0) is 14.4. The number of ether oxygens (including phenoxy) is 1. The van der Waals surface area contributed by atoms with E-state index < -0.39 is 4.92 Å². The first kappa shape index (κ1) is 15.2. The van der Waals surface area contributed by atoms with E-state index in [-0.39, 0.29) is 24.4 Å². The molecule has 0 N–H and O–H groups in total. The summed E-state index contributed by atoms with van der Waals surface area (Å²) in [6, 6.07) is 2.94. The lowest BCUT2D eigenvalue weighted by Crippen LogP contribution is -2.35. The average molecular weight is 270 g/mol. The third-order valence-electron chi connectivity index (χ3n) is 2.55. The number of esters is 1. The van der Waals surface area contributed by atoms with Gasteiger partial charge in [-0.05, 0) is 26.8 Å². The van der Waals surface area contributed by atoms with Gasteiger partial charge in [-0.2, -0.15) is 0 Å². The van der Waals surface area contributed by atoms with E-state index in [9.17, 15) is 14.9 Å². The Kier molecular flexibility index (Phi) is 5.50. The molecule has 19 heavy (non-hydrogen) atoms. The molecular formula is C12H18N2O5. The van der Waals surface area contributed by atoms with Crippen molar-refractivity contribution in [2.24, 2.45) is 0 Å². The molecule has 0 aromatic carbocycles. The van der Waals surface area contributed by atoms with Gasteiger partial charge in [0.1, 0.15) is 10.7 Å². The highest BCUT2D eigenvalue weighted by Gasteiger charge is 2.19. The normalized spacial score (nSPS) is 11.0. The molecule has 0 spiro atoms. The second-order valence-electron chi connectivity index (χ2n) is 4.30. The molecule has 7 heteroatoms. The van der Waals surface area contributed by atoms with E-state index in [1.807, 2.05) is 18.7 Å². The minimum absolute atomic E-state index is 0.0913. The SMILES string of the molecule is CCOC(=O)CN(Cc1ccc([N+](=O)[O-])o1)C(C)C. The van der Waals surface area contributed by atoms with Gasteiger partial charge in [0, 0.05) is 6.04 Å². The molecule has 1 aromatic heterocycles. The highest BCUT2D eigenvalue weighted by Crippen LogP contribution is 2.18. The summed E-state index contributed by atoms with van der Waals surface area (Å²) in [7, 11) is 0. The van der Waals surface area contributed by atoms with E-state index in [4.69, 9.17) is 9.15 Å². The Morgan fingerprint density at radius 2 is 2.21 bits per heavy atom. The van der Waals surface area contributed by atoms with Crippen LogP contribution in [0.3, 0.4) is 0 Å². The fourth-order valence-corrected chi connectivity index (χ4v) is 1.54. The molecule has 0 amide bonds. The van der Waals surface area contributed by atoms with Crippen molar-refractivity contribution in [1.29, 1.82) is 0 Å². The maximum atomic E-state index is 11.5. The van der Waals surface area contributed by atoms with E-state index in [0.29, 0.717) is 18.9 Å². The molecule has 0 bridgehead atoms. The standard InChI is InChI=1S/C12H18N2O5/c1-4-18-12(15)8-13(9(2)3)7-10-5-6-11(19-10)14(16)17/h5-6,9H,4,7-8H2,1-3H3. The Hall–Kier alpha value is -1.89. The number of carbonyl (C=O) groups excluding carboxylic acids is 1. The Balaban J connectivity index is 2.67. The van der Waals surface area contributed by atoms with Crippen LogP contribution in [0.2, 0.25) is 0 Å². The zero-order valence-corrected chi connectivity index (χ0v) is 11.3. The molecule has 0 aliphatic heterocycles. The van der Waals surface area contributed by atoms with Gasteiger partial charge in [-0.15, -0.1) is 0 Å². The van der Waals surface area contributed by atoms with Gasteiger partial charge in [0.25, 0.3) is 0 Å². The van der Waals surface area contributed by atoms with Crippen LogP contribution in [0.4, 0.5) is 5.88 Å². The lowest BCUT2D eigenvalue weighted by molar-refractivity contribution is -0.402. The van der Waals surface area contributed by atoms with Crippen molar-refractivity contribution < 1.29 is 18.9 Å². The number of hydrogen-bond donors (Lipinski definition) is 0. The van der Waals surface area contributed by atoms with E-state index in [0.717, 1.165) is 0 Å². The van der Waals surface area contributed by atoms with E-state index in [1.165, 1.54) is 6.07 Å². The first-order chi connectivity index (χ1) is 8.93. The van der Waals surface area contributed by atoms with Crippen molar-refractivity contribution in [2.45, 2.75) is 33.4 Å². The fraction of sp³-hybridized carbons (Fsp3) is 0.583. The predicted molar refractivity (Wildman–Crippen MR) is 67.5 cm³/mol.